The Labute approximate surface area is 154 Å². The van der Waals surface area contributed by atoms with Crippen molar-refractivity contribution in [3.63, 3.8) is 0 Å². The largest absolute Gasteiger partial charge is 0.444 e. The number of hydrogen-bond acceptors (Lipinski definition) is 3. The maximum atomic E-state index is 11.8. The van der Waals surface area contributed by atoms with Gasteiger partial charge in [-0.2, -0.15) is 0 Å². The number of aliphatic hydroxyl groups excluding tert-OH is 1. The average molecular weight is 352 g/mol. The molecule has 25 heavy (non-hydrogen) atoms. The standard InChI is InChI=1S/C16H21NO2.2C2H6.CH4O/c1-4-14-10-17(15(18)19-14)13-7-5-12(6-8-13)16(3)9-11(16)2;3*1-2/h5-8,11,14H,4,9-10H2,1-3H3;2*1-2H3;2H,1H3. The average Bonchev–Trinajstić information content (AvgIpc) is 3.13. The van der Waals surface area contributed by atoms with Crippen LogP contribution in [0, 0.1) is 5.92 Å². The molecule has 1 amide bonds. The van der Waals surface area contributed by atoms with Crippen molar-refractivity contribution in [2.75, 3.05) is 18.6 Å². The maximum Gasteiger partial charge on any atom is 0.414 e. The molecule has 4 nitrogen and oxygen atoms in total. The van der Waals surface area contributed by atoms with Crippen molar-refractivity contribution in [3.05, 3.63) is 29.8 Å². The van der Waals surface area contributed by atoms with Gasteiger partial charge in [0.05, 0.1) is 6.54 Å². The van der Waals surface area contributed by atoms with E-state index >= 15 is 0 Å². The fraction of sp³-hybridized carbons (Fsp3) is 0.667. The van der Waals surface area contributed by atoms with Gasteiger partial charge in [-0.1, -0.05) is 60.6 Å². The quantitative estimate of drug-likeness (QED) is 0.795. The van der Waals surface area contributed by atoms with Crippen molar-refractivity contribution in [2.24, 2.45) is 5.92 Å². The Morgan fingerprint density at radius 1 is 1.16 bits per heavy atom. The number of benzene rings is 1. The highest BCUT2D eigenvalue weighted by atomic mass is 16.6. The van der Waals surface area contributed by atoms with E-state index in [0.29, 0.717) is 12.0 Å². The summed E-state index contributed by atoms with van der Waals surface area (Å²) < 4.78 is 5.29. The molecule has 1 aliphatic carbocycles. The smallest absolute Gasteiger partial charge is 0.414 e. The first kappa shape index (κ1) is 23.4. The summed E-state index contributed by atoms with van der Waals surface area (Å²) in [6, 6.07) is 8.41. The van der Waals surface area contributed by atoms with Crippen molar-refractivity contribution >= 4 is 11.8 Å². The maximum absolute atomic E-state index is 11.8. The molecule has 1 aromatic rings. The Kier molecular flexibility index (Phi) is 10.4. The van der Waals surface area contributed by atoms with E-state index in [1.165, 1.54) is 12.0 Å². The van der Waals surface area contributed by atoms with Gasteiger partial charge >= 0.3 is 6.09 Å². The Balaban J connectivity index is 0.000000871. The van der Waals surface area contributed by atoms with Gasteiger partial charge in [0.1, 0.15) is 6.10 Å². The van der Waals surface area contributed by atoms with Crippen molar-refractivity contribution in [3.8, 4) is 0 Å². The predicted octanol–water partition coefficient (Wildman–Crippen LogP) is 5.38. The zero-order valence-corrected chi connectivity index (χ0v) is 17.3. The lowest BCUT2D eigenvalue weighted by Gasteiger charge is -2.15. The molecule has 1 aromatic carbocycles. The molecule has 1 saturated heterocycles. The number of carbonyl (C=O) groups is 1. The second-order valence-electron chi connectivity index (χ2n) is 6.09. The molecule has 144 valence electrons. The molecule has 3 rings (SSSR count). The van der Waals surface area contributed by atoms with E-state index in [9.17, 15) is 4.79 Å². The van der Waals surface area contributed by atoms with Crippen LogP contribution in [0.4, 0.5) is 10.5 Å². The number of cyclic esters (lactones) is 1. The topological polar surface area (TPSA) is 49.8 Å². The summed E-state index contributed by atoms with van der Waals surface area (Å²) in [4.78, 5) is 13.5. The van der Waals surface area contributed by atoms with Gasteiger partial charge in [0.25, 0.3) is 0 Å². The minimum Gasteiger partial charge on any atom is -0.444 e. The molecular formula is C21H37NO3. The van der Waals surface area contributed by atoms with Gasteiger partial charge < -0.3 is 9.84 Å². The fourth-order valence-electron chi connectivity index (χ4n) is 2.95. The van der Waals surface area contributed by atoms with Crippen molar-refractivity contribution in [2.45, 2.75) is 72.8 Å². The third-order valence-electron chi connectivity index (χ3n) is 4.83. The fourth-order valence-corrected chi connectivity index (χ4v) is 2.95. The second kappa shape index (κ2) is 11.1. The van der Waals surface area contributed by atoms with E-state index in [1.807, 2.05) is 46.8 Å². The summed E-state index contributed by atoms with van der Waals surface area (Å²) in [5.74, 6) is 0.763. The molecule has 1 aliphatic heterocycles. The summed E-state index contributed by atoms with van der Waals surface area (Å²) in [6.07, 6.45) is 1.95. The van der Waals surface area contributed by atoms with Gasteiger partial charge in [-0.05, 0) is 41.9 Å². The number of nitrogens with zero attached hydrogens (tertiary/aromatic N) is 1. The van der Waals surface area contributed by atoms with Crippen LogP contribution in [0.25, 0.3) is 0 Å². The number of hydrogen-bond donors (Lipinski definition) is 1. The summed E-state index contributed by atoms with van der Waals surface area (Å²) in [6.45, 7) is 15.3. The lowest BCUT2D eigenvalue weighted by Crippen LogP contribution is -2.24. The zero-order chi connectivity index (χ0) is 19.6. The number of ether oxygens (including phenoxy) is 1. The lowest BCUT2D eigenvalue weighted by atomic mass is 9.95. The first-order chi connectivity index (χ1) is 12.0. The van der Waals surface area contributed by atoms with Gasteiger partial charge in [-0.3, -0.25) is 4.90 Å². The van der Waals surface area contributed by atoms with Crippen LogP contribution >= 0.6 is 0 Å². The van der Waals surface area contributed by atoms with E-state index in [-0.39, 0.29) is 12.2 Å². The summed E-state index contributed by atoms with van der Waals surface area (Å²) in [7, 11) is 1.00. The predicted molar refractivity (Wildman–Crippen MR) is 106 cm³/mol. The first-order valence-corrected chi connectivity index (χ1v) is 9.58. The van der Waals surface area contributed by atoms with Crippen molar-refractivity contribution < 1.29 is 14.6 Å². The van der Waals surface area contributed by atoms with Crippen LogP contribution < -0.4 is 4.90 Å². The number of rotatable bonds is 3. The Bertz CT molecular complexity index is 500. The van der Waals surface area contributed by atoms with Crippen LogP contribution in [0.15, 0.2) is 24.3 Å². The molecule has 0 bridgehead atoms. The third-order valence-corrected chi connectivity index (χ3v) is 4.83. The van der Waals surface area contributed by atoms with E-state index in [1.54, 1.807) is 4.90 Å². The minimum absolute atomic E-state index is 0.0353. The molecule has 2 aliphatic rings. The monoisotopic (exact) mass is 351 g/mol. The Morgan fingerprint density at radius 2 is 1.64 bits per heavy atom. The zero-order valence-electron chi connectivity index (χ0n) is 17.3. The normalized spacial score (nSPS) is 26.1. The molecule has 4 heteroatoms. The molecule has 1 heterocycles. The molecule has 2 fully saturated rings. The van der Waals surface area contributed by atoms with Crippen LogP contribution in [0.5, 0.6) is 0 Å². The van der Waals surface area contributed by atoms with Crippen LogP contribution in [0.2, 0.25) is 0 Å². The van der Waals surface area contributed by atoms with Crippen LogP contribution in [-0.2, 0) is 10.2 Å². The second-order valence-corrected chi connectivity index (χ2v) is 6.09. The lowest BCUT2D eigenvalue weighted by molar-refractivity contribution is 0.139. The van der Waals surface area contributed by atoms with E-state index in [0.717, 1.165) is 25.1 Å². The van der Waals surface area contributed by atoms with Crippen molar-refractivity contribution in [1.82, 2.24) is 0 Å². The molecule has 0 radical (unpaired) electrons. The van der Waals surface area contributed by atoms with Gasteiger partial charge in [0.15, 0.2) is 0 Å². The SMILES string of the molecule is CC.CC.CCC1CN(c2ccc(C3(C)CC3C)cc2)C(=O)O1.CO. The summed E-state index contributed by atoms with van der Waals surface area (Å²) in [5, 5.41) is 7.00. The highest BCUT2D eigenvalue weighted by Gasteiger charge is 2.47. The Hall–Kier alpha value is -1.55. The number of anilines is 1. The third kappa shape index (κ3) is 5.46. The minimum atomic E-state index is -0.217. The van der Waals surface area contributed by atoms with Gasteiger partial charge in [-0.15, -0.1) is 0 Å². The number of aliphatic hydroxyl groups is 1. The molecular weight excluding hydrogens is 314 g/mol. The molecule has 1 saturated carbocycles. The van der Waals surface area contributed by atoms with Crippen LogP contribution in [0.3, 0.4) is 0 Å². The molecule has 0 spiro atoms. The molecule has 3 atom stereocenters. The Morgan fingerprint density at radius 3 is 2.00 bits per heavy atom. The van der Waals surface area contributed by atoms with Gasteiger partial charge in [0.2, 0.25) is 0 Å². The van der Waals surface area contributed by atoms with E-state index in [4.69, 9.17) is 9.84 Å². The number of amides is 1. The van der Waals surface area contributed by atoms with Crippen LogP contribution in [-0.4, -0.2) is 31.0 Å². The summed E-state index contributed by atoms with van der Waals surface area (Å²) in [5.41, 5.74) is 2.67. The molecule has 3 unspecified atom stereocenters. The van der Waals surface area contributed by atoms with Crippen molar-refractivity contribution in [1.29, 1.82) is 0 Å². The van der Waals surface area contributed by atoms with Crippen LogP contribution in [0.1, 0.15) is 66.9 Å². The van der Waals surface area contributed by atoms with E-state index in [2.05, 4.69) is 26.0 Å². The molecule has 1 N–H and O–H groups in total. The van der Waals surface area contributed by atoms with Gasteiger partial charge in [0, 0.05) is 12.8 Å². The number of carbonyl (C=O) groups excluding carboxylic acids is 1. The molecule has 0 aromatic heterocycles. The highest BCUT2D eigenvalue weighted by molar-refractivity contribution is 5.89. The first-order valence-electron chi connectivity index (χ1n) is 9.58. The van der Waals surface area contributed by atoms with E-state index < -0.39 is 0 Å². The van der Waals surface area contributed by atoms with Gasteiger partial charge in [-0.25, -0.2) is 4.79 Å². The highest BCUT2D eigenvalue weighted by Crippen LogP contribution is 2.53. The summed E-state index contributed by atoms with van der Waals surface area (Å²) >= 11 is 0.